The monoisotopic (exact) mass is 343 g/mol. The number of ether oxygens (including phenoxy) is 1. The first-order valence-corrected chi connectivity index (χ1v) is 8.49. The molecule has 23 heavy (non-hydrogen) atoms. The maximum atomic E-state index is 12.2. The van der Waals surface area contributed by atoms with E-state index >= 15 is 0 Å². The second-order valence-corrected chi connectivity index (χ2v) is 6.40. The number of carbonyl (C=O) groups excluding carboxylic acids is 2. The van der Waals surface area contributed by atoms with Gasteiger partial charge < -0.3 is 15.4 Å². The molecule has 2 amide bonds. The number of carbonyl (C=O) groups is 2. The minimum absolute atomic E-state index is 0.0154. The summed E-state index contributed by atoms with van der Waals surface area (Å²) in [6, 6.07) is 4.75. The second-order valence-electron chi connectivity index (χ2n) is 4.69. The van der Waals surface area contributed by atoms with Crippen LogP contribution >= 0.6 is 0 Å². The van der Waals surface area contributed by atoms with E-state index in [2.05, 4.69) is 15.4 Å². The Morgan fingerprint density at radius 2 is 1.78 bits per heavy atom. The average Bonchev–Trinajstić information content (AvgIpc) is 2.52. The number of methoxy groups -OCH3 is 1. The van der Waals surface area contributed by atoms with Gasteiger partial charge >= 0.3 is 0 Å². The Hall–Kier alpha value is -2.13. The Kier molecular flexibility index (Phi) is 6.98. The Morgan fingerprint density at radius 3 is 2.30 bits per heavy atom. The van der Waals surface area contributed by atoms with Crippen LogP contribution < -0.4 is 20.1 Å². The molecular formula is C14H21N3O5S. The average molecular weight is 343 g/mol. The quantitative estimate of drug-likeness (QED) is 0.595. The SMILES string of the molecule is CCNC(=O)CNC(=O)[C@H](C)NS(=O)(=O)c1ccc(OC)cc1. The van der Waals surface area contributed by atoms with Crippen LogP contribution in [0.4, 0.5) is 0 Å². The number of benzene rings is 1. The molecule has 0 aliphatic heterocycles. The number of sulfonamides is 1. The highest BCUT2D eigenvalue weighted by Gasteiger charge is 2.22. The number of hydrogen-bond acceptors (Lipinski definition) is 5. The zero-order chi connectivity index (χ0) is 17.5. The van der Waals surface area contributed by atoms with Gasteiger partial charge in [0.05, 0.1) is 24.6 Å². The summed E-state index contributed by atoms with van der Waals surface area (Å²) in [7, 11) is -2.37. The molecule has 0 saturated heterocycles. The highest BCUT2D eigenvalue weighted by Crippen LogP contribution is 2.15. The lowest BCUT2D eigenvalue weighted by atomic mass is 10.3. The van der Waals surface area contributed by atoms with Crippen molar-refractivity contribution < 1.29 is 22.7 Å². The van der Waals surface area contributed by atoms with Crippen molar-refractivity contribution in [2.24, 2.45) is 0 Å². The third-order valence-corrected chi connectivity index (χ3v) is 4.45. The van der Waals surface area contributed by atoms with Gasteiger partial charge in [-0.1, -0.05) is 0 Å². The summed E-state index contributed by atoms with van der Waals surface area (Å²) in [5.74, 6) is -0.406. The summed E-state index contributed by atoms with van der Waals surface area (Å²) in [6.07, 6.45) is 0. The topological polar surface area (TPSA) is 114 Å². The molecule has 0 radical (unpaired) electrons. The highest BCUT2D eigenvalue weighted by atomic mass is 32.2. The number of nitrogens with one attached hydrogen (secondary N) is 3. The fourth-order valence-electron chi connectivity index (χ4n) is 1.69. The van der Waals surface area contributed by atoms with Gasteiger partial charge in [0.1, 0.15) is 5.75 Å². The molecule has 0 fully saturated rings. The molecule has 8 nitrogen and oxygen atoms in total. The molecule has 9 heteroatoms. The van der Waals surface area contributed by atoms with Crippen molar-refractivity contribution in [1.82, 2.24) is 15.4 Å². The summed E-state index contributed by atoms with van der Waals surface area (Å²) in [5, 5.41) is 4.88. The minimum Gasteiger partial charge on any atom is -0.497 e. The zero-order valence-corrected chi connectivity index (χ0v) is 14.1. The van der Waals surface area contributed by atoms with E-state index in [9.17, 15) is 18.0 Å². The van der Waals surface area contributed by atoms with Crippen LogP contribution in [0.25, 0.3) is 0 Å². The van der Waals surface area contributed by atoms with Crippen LogP contribution in [0.1, 0.15) is 13.8 Å². The summed E-state index contributed by atoms with van der Waals surface area (Å²) >= 11 is 0. The summed E-state index contributed by atoms with van der Waals surface area (Å²) in [6.45, 7) is 3.40. The molecule has 0 heterocycles. The van der Waals surface area contributed by atoms with E-state index in [0.29, 0.717) is 12.3 Å². The van der Waals surface area contributed by atoms with E-state index in [1.54, 1.807) is 6.92 Å². The maximum Gasteiger partial charge on any atom is 0.241 e. The lowest BCUT2D eigenvalue weighted by Crippen LogP contribution is -2.47. The van der Waals surface area contributed by atoms with Crippen LogP contribution in [0.3, 0.4) is 0 Å². The van der Waals surface area contributed by atoms with Gasteiger partial charge in [-0.15, -0.1) is 0 Å². The fraction of sp³-hybridized carbons (Fsp3) is 0.429. The van der Waals surface area contributed by atoms with Crippen molar-refractivity contribution in [3.05, 3.63) is 24.3 Å². The van der Waals surface area contributed by atoms with Crippen LogP contribution in [0.15, 0.2) is 29.2 Å². The smallest absolute Gasteiger partial charge is 0.241 e. The van der Waals surface area contributed by atoms with Crippen LogP contribution in [-0.4, -0.2) is 46.5 Å². The highest BCUT2D eigenvalue weighted by molar-refractivity contribution is 7.89. The molecule has 0 saturated carbocycles. The second kappa shape index (κ2) is 8.49. The molecule has 0 aliphatic carbocycles. The molecule has 0 aromatic heterocycles. The van der Waals surface area contributed by atoms with E-state index in [1.165, 1.54) is 38.3 Å². The molecule has 1 aromatic carbocycles. The van der Waals surface area contributed by atoms with Crippen molar-refractivity contribution in [2.75, 3.05) is 20.2 Å². The lowest BCUT2D eigenvalue weighted by molar-refractivity contribution is -0.126. The predicted molar refractivity (Wildman–Crippen MR) is 84.5 cm³/mol. The van der Waals surface area contributed by atoms with Gasteiger partial charge in [-0.05, 0) is 38.1 Å². The lowest BCUT2D eigenvalue weighted by Gasteiger charge is -2.14. The van der Waals surface area contributed by atoms with Gasteiger partial charge in [0, 0.05) is 6.54 Å². The van der Waals surface area contributed by atoms with Crippen molar-refractivity contribution in [1.29, 1.82) is 0 Å². The number of rotatable bonds is 8. The molecule has 1 atom stereocenters. The van der Waals surface area contributed by atoms with E-state index in [1.807, 2.05) is 0 Å². The van der Waals surface area contributed by atoms with Crippen LogP contribution in [0.2, 0.25) is 0 Å². The molecule has 0 unspecified atom stereocenters. The van der Waals surface area contributed by atoms with Gasteiger partial charge in [-0.2, -0.15) is 4.72 Å². The molecule has 1 aromatic rings. The number of hydrogen-bond donors (Lipinski definition) is 3. The van der Waals surface area contributed by atoms with E-state index in [4.69, 9.17) is 4.74 Å². The van der Waals surface area contributed by atoms with E-state index in [0.717, 1.165) is 0 Å². The van der Waals surface area contributed by atoms with E-state index in [-0.39, 0.29) is 17.3 Å². The first-order valence-electron chi connectivity index (χ1n) is 7.01. The normalized spacial score (nSPS) is 12.3. The van der Waals surface area contributed by atoms with Crippen LogP contribution in [-0.2, 0) is 19.6 Å². The van der Waals surface area contributed by atoms with Crippen molar-refractivity contribution in [3.8, 4) is 5.75 Å². The predicted octanol–water partition coefficient (Wildman–Crippen LogP) is -0.386. The summed E-state index contributed by atoms with van der Waals surface area (Å²) in [5.41, 5.74) is 0. The Labute approximate surface area is 135 Å². The van der Waals surface area contributed by atoms with Gasteiger partial charge in [0.2, 0.25) is 21.8 Å². The van der Waals surface area contributed by atoms with Crippen molar-refractivity contribution >= 4 is 21.8 Å². The van der Waals surface area contributed by atoms with Gasteiger partial charge in [-0.3, -0.25) is 9.59 Å². The number of amides is 2. The molecule has 0 aliphatic rings. The van der Waals surface area contributed by atoms with Crippen LogP contribution in [0.5, 0.6) is 5.75 Å². The van der Waals surface area contributed by atoms with E-state index < -0.39 is 22.0 Å². The third-order valence-electron chi connectivity index (χ3n) is 2.89. The Morgan fingerprint density at radius 1 is 1.17 bits per heavy atom. The summed E-state index contributed by atoms with van der Waals surface area (Å²) < 4.78 is 31.6. The first kappa shape index (κ1) is 18.9. The van der Waals surface area contributed by atoms with Crippen molar-refractivity contribution in [3.63, 3.8) is 0 Å². The van der Waals surface area contributed by atoms with Crippen molar-refractivity contribution in [2.45, 2.75) is 24.8 Å². The van der Waals surface area contributed by atoms with Gasteiger partial charge in [0.15, 0.2) is 0 Å². The molecule has 3 N–H and O–H groups in total. The minimum atomic E-state index is -3.85. The van der Waals surface area contributed by atoms with Gasteiger partial charge in [0.25, 0.3) is 0 Å². The zero-order valence-electron chi connectivity index (χ0n) is 13.3. The molecule has 0 bridgehead atoms. The third kappa shape index (κ3) is 5.87. The summed E-state index contributed by atoms with van der Waals surface area (Å²) in [4.78, 5) is 23.1. The molecule has 0 spiro atoms. The maximum absolute atomic E-state index is 12.2. The van der Waals surface area contributed by atoms with Gasteiger partial charge in [-0.25, -0.2) is 8.42 Å². The largest absolute Gasteiger partial charge is 0.497 e. The molecule has 1 rings (SSSR count). The van der Waals surface area contributed by atoms with Crippen LogP contribution in [0, 0.1) is 0 Å². The fourth-order valence-corrected chi connectivity index (χ4v) is 2.89. The molecular weight excluding hydrogens is 322 g/mol. The Balaban J connectivity index is 2.64. The first-order chi connectivity index (χ1) is 10.8. The molecule has 128 valence electrons. The number of likely N-dealkylation sites (N-methyl/N-ethyl adjacent to an activating group) is 1. The Bertz CT molecular complexity index is 643. The standard InChI is InChI=1S/C14H21N3O5S/c1-4-15-13(18)9-16-14(19)10(2)17-23(20,21)12-7-5-11(22-3)6-8-12/h5-8,10,17H,4,9H2,1-3H3,(H,15,18)(H,16,19)/t10-/m0/s1.